The molecule has 5 heteroatoms. The van der Waals surface area contributed by atoms with E-state index in [-0.39, 0.29) is 5.91 Å². The largest absolute Gasteiger partial charge is 0.321 e. The highest BCUT2D eigenvalue weighted by atomic mass is 35.5. The summed E-state index contributed by atoms with van der Waals surface area (Å²) in [5, 5.41) is 6.68. The molecule has 2 heterocycles. The number of rotatable bonds is 3. The van der Waals surface area contributed by atoms with Crippen LogP contribution in [0.2, 0.25) is 5.02 Å². The number of carbonyl (C=O) groups excluding carboxylic acids is 1. The van der Waals surface area contributed by atoms with E-state index in [1.54, 1.807) is 12.1 Å². The molecule has 1 aliphatic heterocycles. The fraction of sp³-hybridized carbons (Fsp3) is 0.250. The maximum atomic E-state index is 12.1. The third-order valence-corrected chi connectivity index (χ3v) is 3.89. The Balaban J connectivity index is 1.68. The molecule has 0 aliphatic carbocycles. The summed E-state index contributed by atoms with van der Waals surface area (Å²) in [4.78, 5) is 16.1. The number of hydrogen-bond donors (Lipinski definition) is 2. The van der Waals surface area contributed by atoms with Crippen molar-refractivity contribution in [2.24, 2.45) is 0 Å². The van der Waals surface area contributed by atoms with Gasteiger partial charge in [-0.3, -0.25) is 9.78 Å². The second kappa shape index (κ2) is 6.24. The van der Waals surface area contributed by atoms with Crippen LogP contribution in [-0.4, -0.2) is 24.0 Å². The fourth-order valence-electron chi connectivity index (χ4n) is 2.50. The van der Waals surface area contributed by atoms with Crippen LogP contribution < -0.4 is 10.6 Å². The maximum Gasteiger partial charge on any atom is 0.274 e. The lowest BCUT2D eigenvalue weighted by molar-refractivity contribution is 0.102. The molecule has 108 valence electrons. The maximum absolute atomic E-state index is 12.1. The van der Waals surface area contributed by atoms with Crippen LogP contribution in [-0.2, 0) is 0 Å². The summed E-state index contributed by atoms with van der Waals surface area (Å²) < 4.78 is 0. The van der Waals surface area contributed by atoms with Crippen LogP contribution in [0.25, 0.3) is 0 Å². The van der Waals surface area contributed by atoms with Gasteiger partial charge in [0, 0.05) is 23.5 Å². The number of pyridine rings is 1. The summed E-state index contributed by atoms with van der Waals surface area (Å²) in [5.41, 5.74) is 2.38. The summed E-state index contributed by atoms with van der Waals surface area (Å²) in [5.74, 6) is 0.317. The average molecular weight is 302 g/mol. The fourth-order valence-corrected chi connectivity index (χ4v) is 2.66. The quantitative estimate of drug-likeness (QED) is 0.916. The standard InChI is InChI=1S/C16H16ClN3O/c17-13-6-8-19-15(9-13)16(21)20-14-3-1-11(2-4-14)12-5-7-18-10-12/h1-4,6,8-9,12,18H,5,7,10H2,(H,20,21)/t12-/m0/s1. The average Bonchev–Trinajstić information content (AvgIpc) is 3.02. The molecule has 21 heavy (non-hydrogen) atoms. The number of amides is 1. The van der Waals surface area contributed by atoms with Gasteiger partial charge in [-0.2, -0.15) is 0 Å². The molecule has 0 saturated carbocycles. The molecule has 1 amide bonds. The van der Waals surface area contributed by atoms with E-state index >= 15 is 0 Å². The second-order valence-electron chi connectivity index (χ2n) is 5.13. The summed E-state index contributed by atoms with van der Waals surface area (Å²) in [6, 6.07) is 11.2. The van der Waals surface area contributed by atoms with Gasteiger partial charge in [0.25, 0.3) is 5.91 Å². The second-order valence-corrected chi connectivity index (χ2v) is 5.56. The van der Waals surface area contributed by atoms with Gasteiger partial charge in [-0.05, 0) is 48.7 Å². The highest BCUT2D eigenvalue weighted by Crippen LogP contribution is 2.23. The minimum absolute atomic E-state index is 0.257. The van der Waals surface area contributed by atoms with E-state index in [2.05, 4.69) is 27.8 Å². The van der Waals surface area contributed by atoms with Gasteiger partial charge in [0.15, 0.2) is 0 Å². The minimum Gasteiger partial charge on any atom is -0.321 e. The molecular weight excluding hydrogens is 286 g/mol. The van der Waals surface area contributed by atoms with Crippen molar-refractivity contribution in [2.45, 2.75) is 12.3 Å². The predicted molar refractivity (Wildman–Crippen MR) is 83.9 cm³/mol. The SMILES string of the molecule is O=C(Nc1ccc([C@H]2CCNC2)cc1)c1cc(Cl)ccn1. The predicted octanol–water partition coefficient (Wildman–Crippen LogP) is 3.06. The first-order chi connectivity index (χ1) is 10.2. The molecule has 3 rings (SSSR count). The molecule has 1 aromatic heterocycles. The lowest BCUT2D eigenvalue weighted by Crippen LogP contribution is -2.13. The summed E-state index contributed by atoms with van der Waals surface area (Å²) in [6.45, 7) is 2.10. The normalized spacial score (nSPS) is 17.7. The topological polar surface area (TPSA) is 54.0 Å². The highest BCUT2D eigenvalue weighted by molar-refractivity contribution is 6.30. The van der Waals surface area contributed by atoms with Crippen molar-refractivity contribution in [3.63, 3.8) is 0 Å². The molecule has 4 nitrogen and oxygen atoms in total. The van der Waals surface area contributed by atoms with Gasteiger partial charge in [0.2, 0.25) is 0 Å². The van der Waals surface area contributed by atoms with Gasteiger partial charge in [-0.15, -0.1) is 0 Å². The van der Waals surface area contributed by atoms with Crippen molar-refractivity contribution >= 4 is 23.2 Å². The molecule has 1 saturated heterocycles. The smallest absolute Gasteiger partial charge is 0.274 e. The molecule has 2 aromatic rings. The molecule has 0 spiro atoms. The summed E-state index contributed by atoms with van der Waals surface area (Å²) in [6.07, 6.45) is 2.69. The number of nitrogens with one attached hydrogen (secondary N) is 2. The first-order valence-corrected chi connectivity index (χ1v) is 7.34. The Labute approximate surface area is 128 Å². The molecular formula is C16H16ClN3O. The van der Waals surface area contributed by atoms with Crippen molar-refractivity contribution in [1.82, 2.24) is 10.3 Å². The number of hydrogen-bond acceptors (Lipinski definition) is 3. The third kappa shape index (κ3) is 3.40. The van der Waals surface area contributed by atoms with Gasteiger partial charge >= 0.3 is 0 Å². The van der Waals surface area contributed by atoms with Gasteiger partial charge in [-0.1, -0.05) is 23.7 Å². The van der Waals surface area contributed by atoms with E-state index in [1.165, 1.54) is 11.8 Å². The zero-order valence-electron chi connectivity index (χ0n) is 11.5. The Hall–Kier alpha value is -1.91. The summed E-state index contributed by atoms with van der Waals surface area (Å²) in [7, 11) is 0. The molecule has 0 unspecified atom stereocenters. The highest BCUT2D eigenvalue weighted by Gasteiger charge is 2.16. The van der Waals surface area contributed by atoms with Crippen molar-refractivity contribution < 1.29 is 4.79 Å². The first kappa shape index (κ1) is 14.0. The van der Waals surface area contributed by atoms with Crippen LogP contribution in [0.4, 0.5) is 5.69 Å². The molecule has 1 fully saturated rings. The van der Waals surface area contributed by atoms with Crippen molar-refractivity contribution in [1.29, 1.82) is 0 Å². The van der Waals surface area contributed by atoms with Crippen molar-refractivity contribution in [3.05, 3.63) is 58.9 Å². The molecule has 1 aliphatic rings. The Kier molecular flexibility index (Phi) is 4.18. The number of aromatic nitrogens is 1. The molecule has 1 aromatic carbocycles. The number of carbonyl (C=O) groups is 1. The van der Waals surface area contributed by atoms with E-state index in [9.17, 15) is 4.79 Å². The van der Waals surface area contributed by atoms with Crippen LogP contribution in [0.15, 0.2) is 42.6 Å². The molecule has 0 radical (unpaired) electrons. The van der Waals surface area contributed by atoms with Crippen LogP contribution in [0.1, 0.15) is 28.4 Å². The number of nitrogens with zero attached hydrogens (tertiary/aromatic N) is 1. The Morgan fingerprint density at radius 1 is 1.29 bits per heavy atom. The summed E-state index contributed by atoms with van der Waals surface area (Å²) >= 11 is 5.86. The lowest BCUT2D eigenvalue weighted by Gasteiger charge is -2.10. The Bertz CT molecular complexity index is 636. The molecule has 0 bridgehead atoms. The molecule has 1 atom stereocenters. The van der Waals surface area contributed by atoms with Crippen LogP contribution in [0.3, 0.4) is 0 Å². The number of anilines is 1. The van der Waals surface area contributed by atoms with Gasteiger partial charge in [0.1, 0.15) is 5.69 Å². The van der Waals surface area contributed by atoms with E-state index in [1.807, 2.05) is 12.1 Å². The van der Waals surface area contributed by atoms with E-state index in [0.717, 1.165) is 25.2 Å². The van der Waals surface area contributed by atoms with Gasteiger partial charge < -0.3 is 10.6 Å². The minimum atomic E-state index is -0.257. The zero-order chi connectivity index (χ0) is 14.7. The van der Waals surface area contributed by atoms with Gasteiger partial charge in [0.05, 0.1) is 0 Å². The monoisotopic (exact) mass is 301 g/mol. The lowest BCUT2D eigenvalue weighted by atomic mass is 9.98. The van der Waals surface area contributed by atoms with Crippen molar-refractivity contribution in [2.75, 3.05) is 18.4 Å². The molecule has 2 N–H and O–H groups in total. The Morgan fingerprint density at radius 3 is 2.76 bits per heavy atom. The third-order valence-electron chi connectivity index (χ3n) is 3.65. The number of benzene rings is 1. The first-order valence-electron chi connectivity index (χ1n) is 6.96. The zero-order valence-corrected chi connectivity index (χ0v) is 12.2. The van der Waals surface area contributed by atoms with Crippen molar-refractivity contribution in [3.8, 4) is 0 Å². The Morgan fingerprint density at radius 2 is 2.10 bits per heavy atom. The van der Waals surface area contributed by atoms with Crippen LogP contribution in [0.5, 0.6) is 0 Å². The van der Waals surface area contributed by atoms with Crippen LogP contribution >= 0.6 is 11.6 Å². The van der Waals surface area contributed by atoms with Crippen LogP contribution in [0, 0.1) is 0 Å². The van der Waals surface area contributed by atoms with E-state index in [4.69, 9.17) is 11.6 Å². The van der Waals surface area contributed by atoms with E-state index < -0.39 is 0 Å². The number of halogens is 1. The van der Waals surface area contributed by atoms with E-state index in [0.29, 0.717) is 16.6 Å². The van der Waals surface area contributed by atoms with Gasteiger partial charge in [-0.25, -0.2) is 0 Å².